The van der Waals surface area contributed by atoms with Crippen molar-refractivity contribution in [3.8, 4) is 0 Å². The van der Waals surface area contributed by atoms with Crippen molar-refractivity contribution in [3.63, 3.8) is 0 Å². The van der Waals surface area contributed by atoms with Crippen molar-refractivity contribution in [2.45, 2.75) is 38.1 Å². The second-order valence-electron chi connectivity index (χ2n) is 5.32. The molecular weight excluding hydrogens is 306 g/mol. The molecule has 0 saturated carbocycles. The molecule has 9 nitrogen and oxygen atoms in total. The third-order valence-electron chi connectivity index (χ3n) is 3.61. The van der Waals surface area contributed by atoms with Gasteiger partial charge in [-0.25, -0.2) is 0 Å². The first-order chi connectivity index (χ1) is 10.9. The van der Waals surface area contributed by atoms with E-state index in [9.17, 15) is 24.0 Å². The van der Waals surface area contributed by atoms with Gasteiger partial charge < -0.3 is 10.4 Å². The summed E-state index contributed by atoms with van der Waals surface area (Å²) in [5, 5.41) is 13.4. The topological polar surface area (TPSA) is 133 Å². The number of aliphatic carboxylic acids is 1. The third kappa shape index (κ3) is 3.93. The molecule has 0 bridgehead atoms. The smallest absolute Gasteiger partial charge is 0.303 e. The SMILES string of the molecule is O=C(O)CCCCNC1=CC(=O)N(C2CCC(=O)NC2=O)C1=O. The summed E-state index contributed by atoms with van der Waals surface area (Å²) in [5.41, 5.74) is 0.0787. The molecule has 0 aliphatic carbocycles. The van der Waals surface area contributed by atoms with Crippen LogP contribution in [0.1, 0.15) is 32.1 Å². The number of rotatable bonds is 7. The molecule has 1 fully saturated rings. The Bertz CT molecular complexity index is 597. The van der Waals surface area contributed by atoms with Gasteiger partial charge in [0.1, 0.15) is 11.7 Å². The molecule has 1 atom stereocenters. The quantitative estimate of drug-likeness (QED) is 0.399. The van der Waals surface area contributed by atoms with Crippen LogP contribution in [0.3, 0.4) is 0 Å². The van der Waals surface area contributed by atoms with Gasteiger partial charge >= 0.3 is 5.97 Å². The molecule has 4 amide bonds. The van der Waals surface area contributed by atoms with E-state index < -0.39 is 35.6 Å². The average molecular weight is 323 g/mol. The number of carbonyl (C=O) groups is 5. The number of nitrogens with one attached hydrogen (secondary N) is 2. The van der Waals surface area contributed by atoms with Gasteiger partial charge in [-0.15, -0.1) is 0 Å². The molecule has 0 aromatic rings. The van der Waals surface area contributed by atoms with Gasteiger partial charge in [0.25, 0.3) is 11.8 Å². The van der Waals surface area contributed by atoms with Crippen molar-refractivity contribution in [1.29, 1.82) is 0 Å². The normalized spacial score (nSPS) is 21.3. The fourth-order valence-corrected chi connectivity index (χ4v) is 2.46. The van der Waals surface area contributed by atoms with Crippen molar-refractivity contribution >= 4 is 29.6 Å². The average Bonchev–Trinajstić information content (AvgIpc) is 2.74. The molecule has 2 aliphatic rings. The Morgan fingerprint density at radius 1 is 1.30 bits per heavy atom. The number of carboxylic acids is 1. The number of amides is 4. The van der Waals surface area contributed by atoms with Crippen molar-refractivity contribution in [3.05, 3.63) is 11.8 Å². The van der Waals surface area contributed by atoms with Crippen LogP contribution in [0.5, 0.6) is 0 Å². The highest BCUT2D eigenvalue weighted by Crippen LogP contribution is 2.20. The number of imide groups is 2. The number of piperidine rings is 1. The first kappa shape index (κ1) is 16.7. The molecule has 3 N–H and O–H groups in total. The number of carbonyl (C=O) groups excluding carboxylic acids is 4. The Labute approximate surface area is 131 Å². The fourth-order valence-electron chi connectivity index (χ4n) is 2.46. The van der Waals surface area contributed by atoms with E-state index in [1.165, 1.54) is 0 Å². The van der Waals surface area contributed by atoms with Crippen molar-refractivity contribution < 1.29 is 29.1 Å². The molecule has 0 aromatic heterocycles. The van der Waals surface area contributed by atoms with Crippen molar-refractivity contribution in [1.82, 2.24) is 15.5 Å². The predicted molar refractivity (Wildman–Crippen MR) is 75.6 cm³/mol. The molecule has 1 saturated heterocycles. The lowest BCUT2D eigenvalue weighted by atomic mass is 10.0. The van der Waals surface area contributed by atoms with Crippen LogP contribution in [0.25, 0.3) is 0 Å². The summed E-state index contributed by atoms with van der Waals surface area (Å²) in [6, 6.07) is -0.977. The number of unbranched alkanes of at least 4 members (excludes halogenated alkanes) is 1. The van der Waals surface area contributed by atoms with Crippen LogP contribution in [-0.4, -0.2) is 52.2 Å². The van der Waals surface area contributed by atoms with E-state index in [1.807, 2.05) is 0 Å². The van der Waals surface area contributed by atoms with Crippen LogP contribution in [-0.2, 0) is 24.0 Å². The summed E-state index contributed by atoms with van der Waals surface area (Å²) in [4.78, 5) is 58.3. The highest BCUT2D eigenvalue weighted by Gasteiger charge is 2.42. The van der Waals surface area contributed by atoms with Gasteiger partial charge in [-0.2, -0.15) is 0 Å². The monoisotopic (exact) mass is 323 g/mol. The van der Waals surface area contributed by atoms with E-state index in [0.29, 0.717) is 19.4 Å². The van der Waals surface area contributed by atoms with E-state index in [-0.39, 0.29) is 25.0 Å². The molecule has 2 heterocycles. The van der Waals surface area contributed by atoms with Crippen molar-refractivity contribution in [2.75, 3.05) is 6.54 Å². The minimum absolute atomic E-state index is 0.0377. The maximum absolute atomic E-state index is 12.2. The fraction of sp³-hybridized carbons (Fsp3) is 0.500. The van der Waals surface area contributed by atoms with Crippen LogP contribution in [0.2, 0.25) is 0 Å². The molecule has 2 aliphatic heterocycles. The molecule has 23 heavy (non-hydrogen) atoms. The first-order valence-electron chi connectivity index (χ1n) is 7.28. The van der Waals surface area contributed by atoms with Crippen LogP contribution < -0.4 is 10.6 Å². The summed E-state index contributed by atoms with van der Waals surface area (Å²) in [7, 11) is 0. The van der Waals surface area contributed by atoms with Gasteiger partial charge in [0.05, 0.1) is 0 Å². The maximum Gasteiger partial charge on any atom is 0.303 e. The molecule has 1 unspecified atom stereocenters. The van der Waals surface area contributed by atoms with Crippen molar-refractivity contribution in [2.24, 2.45) is 0 Å². The van der Waals surface area contributed by atoms with Crippen LogP contribution >= 0.6 is 0 Å². The van der Waals surface area contributed by atoms with Crippen LogP contribution in [0, 0.1) is 0 Å². The summed E-state index contributed by atoms with van der Waals surface area (Å²) in [6.45, 7) is 0.349. The standard InChI is InChI=1S/C14H17N3O6/c18-10-5-4-9(13(22)16-10)17-11(19)7-8(14(17)23)15-6-2-1-3-12(20)21/h7,9,15H,1-6H2,(H,20,21)(H,16,18,22). The van der Waals surface area contributed by atoms with Crippen LogP contribution in [0.4, 0.5) is 0 Å². The molecular formula is C14H17N3O6. The Balaban J connectivity index is 1.88. The molecule has 2 rings (SSSR count). The Morgan fingerprint density at radius 3 is 2.70 bits per heavy atom. The first-order valence-corrected chi connectivity index (χ1v) is 7.28. The molecule has 0 spiro atoms. The van der Waals surface area contributed by atoms with Gasteiger partial charge in [0.2, 0.25) is 11.8 Å². The second-order valence-corrected chi connectivity index (χ2v) is 5.32. The van der Waals surface area contributed by atoms with E-state index in [0.717, 1.165) is 11.0 Å². The second kappa shape index (κ2) is 7.03. The summed E-state index contributed by atoms with van der Waals surface area (Å²) >= 11 is 0. The van der Waals surface area contributed by atoms with E-state index in [1.54, 1.807) is 0 Å². The van der Waals surface area contributed by atoms with Gasteiger partial charge in [-0.1, -0.05) is 0 Å². The zero-order chi connectivity index (χ0) is 17.0. The number of hydrogen-bond acceptors (Lipinski definition) is 6. The number of hydrogen-bond donors (Lipinski definition) is 3. The number of nitrogens with zero attached hydrogens (tertiary/aromatic N) is 1. The lowest BCUT2D eigenvalue weighted by Crippen LogP contribution is -2.54. The molecule has 124 valence electrons. The summed E-state index contributed by atoms with van der Waals surface area (Å²) in [6.07, 6.45) is 2.32. The number of carboxylic acid groups (broad SMARTS) is 1. The van der Waals surface area contributed by atoms with E-state index in [2.05, 4.69) is 10.6 Å². The minimum atomic E-state index is -0.977. The Hall–Kier alpha value is -2.71. The highest BCUT2D eigenvalue weighted by atomic mass is 16.4. The largest absolute Gasteiger partial charge is 0.481 e. The Morgan fingerprint density at radius 2 is 2.04 bits per heavy atom. The zero-order valence-corrected chi connectivity index (χ0v) is 12.3. The lowest BCUT2D eigenvalue weighted by Gasteiger charge is -2.28. The lowest BCUT2D eigenvalue weighted by molar-refractivity contribution is -0.149. The third-order valence-corrected chi connectivity index (χ3v) is 3.61. The van der Waals surface area contributed by atoms with Gasteiger partial charge in [0, 0.05) is 25.5 Å². The van der Waals surface area contributed by atoms with Crippen LogP contribution in [0.15, 0.2) is 11.8 Å². The molecule has 0 radical (unpaired) electrons. The Kier molecular flexibility index (Phi) is 5.09. The maximum atomic E-state index is 12.2. The highest BCUT2D eigenvalue weighted by molar-refractivity contribution is 6.18. The summed E-state index contributed by atoms with van der Waals surface area (Å²) < 4.78 is 0. The van der Waals surface area contributed by atoms with Gasteiger partial charge in [0.15, 0.2) is 0 Å². The molecule has 9 heteroatoms. The van der Waals surface area contributed by atoms with Gasteiger partial charge in [-0.05, 0) is 19.3 Å². The molecule has 0 aromatic carbocycles. The van der Waals surface area contributed by atoms with E-state index in [4.69, 9.17) is 5.11 Å². The zero-order valence-electron chi connectivity index (χ0n) is 12.3. The van der Waals surface area contributed by atoms with E-state index >= 15 is 0 Å². The minimum Gasteiger partial charge on any atom is -0.481 e. The predicted octanol–water partition coefficient (Wildman–Crippen LogP) is -1.11. The van der Waals surface area contributed by atoms with Gasteiger partial charge in [-0.3, -0.25) is 34.2 Å². The summed E-state index contributed by atoms with van der Waals surface area (Å²) in [5.74, 6) is -3.17.